The normalized spacial score (nSPS) is 13.9. The van der Waals surface area contributed by atoms with E-state index in [2.05, 4.69) is 30.8 Å². The van der Waals surface area contributed by atoms with Crippen LogP contribution >= 0.6 is 11.3 Å². The summed E-state index contributed by atoms with van der Waals surface area (Å²) in [5, 5.41) is 3.06. The molecule has 1 aromatic rings. The van der Waals surface area contributed by atoms with Crippen LogP contribution in [0.15, 0.2) is 16.3 Å². The number of nitrogens with one attached hydrogen (secondary N) is 2. The molecule has 0 spiro atoms. The maximum absolute atomic E-state index is 12.1. The third-order valence-electron chi connectivity index (χ3n) is 3.26. The van der Waals surface area contributed by atoms with Gasteiger partial charge in [0.1, 0.15) is 4.21 Å². The highest BCUT2D eigenvalue weighted by Gasteiger charge is 2.18. The van der Waals surface area contributed by atoms with Crippen molar-refractivity contribution in [3.05, 3.63) is 17.0 Å². The minimum absolute atomic E-state index is 0.332. The molecular formula is C13H24N2O2S2. The third-order valence-corrected chi connectivity index (χ3v) is 6.32. The fourth-order valence-electron chi connectivity index (χ4n) is 1.43. The molecule has 0 aliphatic rings. The van der Waals surface area contributed by atoms with Crippen LogP contribution in [0.1, 0.15) is 25.6 Å². The fraction of sp³-hybridized carbons (Fsp3) is 0.692. The van der Waals surface area contributed by atoms with Crippen molar-refractivity contribution < 1.29 is 8.42 Å². The smallest absolute Gasteiger partial charge is 0.250 e. The summed E-state index contributed by atoms with van der Waals surface area (Å²) in [6.07, 6.45) is 0.860. The fourth-order valence-corrected chi connectivity index (χ4v) is 3.98. The van der Waals surface area contributed by atoms with Gasteiger partial charge in [0.15, 0.2) is 0 Å². The van der Waals surface area contributed by atoms with Crippen molar-refractivity contribution in [1.29, 1.82) is 0 Å². The number of hydrogen-bond acceptors (Lipinski definition) is 4. The molecule has 0 fully saturated rings. The summed E-state index contributed by atoms with van der Waals surface area (Å²) in [6, 6.07) is 3.58. The van der Waals surface area contributed by atoms with E-state index in [1.807, 2.05) is 13.1 Å². The zero-order valence-electron chi connectivity index (χ0n) is 12.1. The first kappa shape index (κ1) is 16.6. The molecule has 0 aromatic carbocycles. The van der Waals surface area contributed by atoms with Gasteiger partial charge in [-0.25, -0.2) is 13.1 Å². The number of sulfonamides is 1. The molecule has 0 radical (unpaired) electrons. The van der Waals surface area contributed by atoms with Crippen LogP contribution in [0.5, 0.6) is 0 Å². The molecule has 0 aliphatic heterocycles. The minimum Gasteiger partial charge on any atom is -0.319 e. The van der Waals surface area contributed by atoms with E-state index in [1.165, 1.54) is 11.3 Å². The van der Waals surface area contributed by atoms with Gasteiger partial charge < -0.3 is 5.32 Å². The predicted octanol–water partition coefficient (Wildman–Crippen LogP) is 2.08. The standard InChI is InChI=1S/C13H24N2O2S2/c1-10(2)11(3)9-15-19(16,17)13-6-5-12(18-13)7-8-14-4/h5-6,10-11,14-15H,7-9H2,1-4H3. The van der Waals surface area contributed by atoms with Gasteiger partial charge in [0.2, 0.25) is 10.0 Å². The highest BCUT2D eigenvalue weighted by Crippen LogP contribution is 2.22. The van der Waals surface area contributed by atoms with Crippen LogP contribution in [0.2, 0.25) is 0 Å². The molecule has 1 atom stereocenters. The van der Waals surface area contributed by atoms with Crippen molar-refractivity contribution in [3.8, 4) is 0 Å². The highest BCUT2D eigenvalue weighted by atomic mass is 32.2. The quantitative estimate of drug-likeness (QED) is 0.773. The van der Waals surface area contributed by atoms with Gasteiger partial charge in [-0.1, -0.05) is 20.8 Å². The Bertz CT molecular complexity index is 481. The summed E-state index contributed by atoms with van der Waals surface area (Å²) >= 11 is 1.35. The summed E-state index contributed by atoms with van der Waals surface area (Å²) in [7, 11) is -1.46. The van der Waals surface area contributed by atoms with Crippen LogP contribution in [0.3, 0.4) is 0 Å². The number of thiophene rings is 1. The van der Waals surface area contributed by atoms with E-state index in [4.69, 9.17) is 0 Å². The Kier molecular flexibility index (Phi) is 6.46. The number of hydrogen-bond donors (Lipinski definition) is 2. The summed E-state index contributed by atoms with van der Waals surface area (Å²) in [6.45, 7) is 7.60. The molecule has 110 valence electrons. The molecule has 0 saturated carbocycles. The monoisotopic (exact) mass is 304 g/mol. The van der Waals surface area contributed by atoms with Crippen molar-refractivity contribution in [2.75, 3.05) is 20.1 Å². The zero-order chi connectivity index (χ0) is 14.5. The zero-order valence-corrected chi connectivity index (χ0v) is 13.7. The van der Waals surface area contributed by atoms with Gasteiger partial charge in [-0.3, -0.25) is 0 Å². The highest BCUT2D eigenvalue weighted by molar-refractivity contribution is 7.91. The van der Waals surface area contributed by atoms with E-state index in [1.54, 1.807) is 6.07 Å². The Morgan fingerprint density at radius 1 is 1.26 bits per heavy atom. The molecule has 0 amide bonds. The average molecular weight is 304 g/mol. The lowest BCUT2D eigenvalue weighted by Gasteiger charge is -2.15. The molecule has 1 aromatic heterocycles. The van der Waals surface area contributed by atoms with Crippen LogP contribution in [0, 0.1) is 11.8 Å². The van der Waals surface area contributed by atoms with Gasteiger partial charge in [0.25, 0.3) is 0 Å². The summed E-state index contributed by atoms with van der Waals surface area (Å²) < 4.78 is 27.4. The van der Waals surface area contributed by atoms with E-state index >= 15 is 0 Å². The third kappa shape index (κ3) is 5.22. The first-order chi connectivity index (χ1) is 8.86. The van der Waals surface area contributed by atoms with Crippen molar-refractivity contribution in [2.45, 2.75) is 31.4 Å². The Labute approximate surface area is 120 Å². The Hall–Kier alpha value is -0.430. The lowest BCUT2D eigenvalue weighted by molar-refractivity contribution is 0.415. The Morgan fingerprint density at radius 3 is 2.53 bits per heavy atom. The molecule has 1 heterocycles. The van der Waals surface area contributed by atoms with Crippen molar-refractivity contribution in [3.63, 3.8) is 0 Å². The second-order valence-corrected chi connectivity index (χ2v) is 8.31. The van der Waals surface area contributed by atoms with Crippen LogP contribution < -0.4 is 10.0 Å². The van der Waals surface area contributed by atoms with Crippen molar-refractivity contribution >= 4 is 21.4 Å². The molecule has 6 heteroatoms. The summed E-state index contributed by atoms with van der Waals surface area (Å²) in [5.41, 5.74) is 0. The lowest BCUT2D eigenvalue weighted by atomic mass is 9.99. The maximum Gasteiger partial charge on any atom is 0.250 e. The van der Waals surface area contributed by atoms with Crippen LogP contribution in [0.4, 0.5) is 0 Å². The van der Waals surface area contributed by atoms with E-state index in [0.717, 1.165) is 17.8 Å². The number of rotatable bonds is 8. The Balaban J connectivity index is 2.64. The first-order valence-electron chi connectivity index (χ1n) is 6.59. The molecule has 0 saturated heterocycles. The minimum atomic E-state index is -3.34. The summed E-state index contributed by atoms with van der Waals surface area (Å²) in [4.78, 5) is 1.09. The van der Waals surface area contributed by atoms with Gasteiger partial charge in [-0.05, 0) is 44.0 Å². The van der Waals surface area contributed by atoms with Crippen LogP contribution in [-0.2, 0) is 16.4 Å². The maximum atomic E-state index is 12.1. The van der Waals surface area contributed by atoms with Crippen LogP contribution in [0.25, 0.3) is 0 Å². The summed E-state index contributed by atoms with van der Waals surface area (Å²) in [5.74, 6) is 0.802. The van der Waals surface area contributed by atoms with E-state index in [9.17, 15) is 8.42 Å². The molecule has 0 bridgehead atoms. The average Bonchev–Trinajstić information content (AvgIpc) is 2.82. The van der Waals surface area contributed by atoms with Crippen molar-refractivity contribution in [1.82, 2.24) is 10.0 Å². The molecule has 4 nitrogen and oxygen atoms in total. The van der Waals surface area contributed by atoms with E-state index in [0.29, 0.717) is 22.6 Å². The molecule has 0 aliphatic carbocycles. The molecule has 2 N–H and O–H groups in total. The second-order valence-electron chi connectivity index (χ2n) is 5.15. The predicted molar refractivity (Wildman–Crippen MR) is 81.1 cm³/mol. The largest absolute Gasteiger partial charge is 0.319 e. The van der Waals surface area contributed by atoms with E-state index < -0.39 is 10.0 Å². The first-order valence-corrected chi connectivity index (χ1v) is 8.89. The van der Waals surface area contributed by atoms with Gasteiger partial charge in [-0.15, -0.1) is 11.3 Å². The van der Waals surface area contributed by atoms with Gasteiger partial charge in [-0.2, -0.15) is 0 Å². The van der Waals surface area contributed by atoms with E-state index in [-0.39, 0.29) is 0 Å². The van der Waals surface area contributed by atoms with Crippen LogP contribution in [-0.4, -0.2) is 28.6 Å². The molecule has 1 unspecified atom stereocenters. The van der Waals surface area contributed by atoms with Gasteiger partial charge in [0.05, 0.1) is 0 Å². The lowest BCUT2D eigenvalue weighted by Crippen LogP contribution is -2.29. The topological polar surface area (TPSA) is 58.2 Å². The number of likely N-dealkylation sites (N-methyl/N-ethyl adjacent to an activating group) is 1. The molecule has 1 rings (SSSR count). The molecule has 19 heavy (non-hydrogen) atoms. The SMILES string of the molecule is CNCCc1ccc(S(=O)(=O)NCC(C)C(C)C)s1. The van der Waals surface area contributed by atoms with Gasteiger partial charge in [0, 0.05) is 11.4 Å². The second kappa shape index (κ2) is 7.38. The van der Waals surface area contributed by atoms with Crippen molar-refractivity contribution in [2.24, 2.45) is 11.8 Å². The van der Waals surface area contributed by atoms with Gasteiger partial charge >= 0.3 is 0 Å². The molecular weight excluding hydrogens is 280 g/mol. The Morgan fingerprint density at radius 2 is 1.95 bits per heavy atom.